The number of unbranched alkanes of at least 4 members (excludes halogenated alkanes) is 1. The molecule has 0 saturated heterocycles. The Balaban J connectivity index is -0.000000771. The van der Waals surface area contributed by atoms with E-state index in [1.807, 2.05) is 0 Å². The van der Waals surface area contributed by atoms with Gasteiger partial charge in [-0.3, -0.25) is 28.8 Å². The molecule has 0 aliphatic carbocycles. The molecular weight excluding hydrogens is 408 g/mol. The molecule has 0 spiro atoms. The summed E-state index contributed by atoms with van der Waals surface area (Å²) >= 11 is 0. The van der Waals surface area contributed by atoms with Gasteiger partial charge in [0.15, 0.2) is 0 Å². The molecule has 174 valence electrons. The van der Waals surface area contributed by atoms with Crippen LogP contribution in [0.1, 0.15) is 59.3 Å². The molecule has 30 heavy (non-hydrogen) atoms. The second-order valence-electron chi connectivity index (χ2n) is 6.25. The van der Waals surface area contributed by atoms with E-state index in [0.29, 0.717) is 12.8 Å². The van der Waals surface area contributed by atoms with E-state index in [4.69, 9.17) is 40.2 Å². The fourth-order valence-electron chi connectivity index (χ4n) is 2.41. The van der Waals surface area contributed by atoms with Crippen LogP contribution < -0.4 is 0 Å². The van der Waals surface area contributed by atoms with Crippen molar-refractivity contribution in [3.8, 4) is 0 Å². The highest BCUT2D eigenvalue weighted by molar-refractivity contribution is 5.80. The molecule has 0 aliphatic rings. The number of carbonyl (C=O) groups is 6. The lowest BCUT2D eigenvalue weighted by molar-refractivity contribution is -0.154. The summed E-state index contributed by atoms with van der Waals surface area (Å²) in [5.74, 6) is -9.43. The summed E-state index contributed by atoms with van der Waals surface area (Å²) < 4.78 is 0. The van der Waals surface area contributed by atoms with Crippen LogP contribution in [0, 0.1) is 17.8 Å². The predicted octanol–water partition coefficient (Wildman–Crippen LogP) is 1.72. The molecule has 0 amide bonds. The topological polar surface area (TPSA) is 224 Å². The lowest BCUT2D eigenvalue weighted by Crippen LogP contribution is -2.29. The molecule has 0 aromatic heterocycles. The summed E-state index contributed by atoms with van der Waals surface area (Å²) in [4.78, 5) is 61.6. The maximum absolute atomic E-state index is 11.2. The van der Waals surface area contributed by atoms with E-state index >= 15 is 0 Å². The van der Waals surface area contributed by atoms with Crippen LogP contribution in [0.3, 0.4) is 0 Å². The van der Waals surface area contributed by atoms with Crippen molar-refractivity contribution in [1.29, 1.82) is 0 Å². The number of hydrogen-bond acceptors (Lipinski definition) is 6. The standard InChI is InChI=1S/C14H22O8.2C2H4O2/c1-2-9(13(19)20)10(14(21)22)6-4-3-5-8(12(17)18)7-11(15)16;2*1-2(3)4/h8-10H,2-7H2,1H3,(H,15,16)(H,17,18)(H,19,20)(H,21,22);2*1H3,(H,3,4). The zero-order chi connectivity index (χ0) is 24.4. The van der Waals surface area contributed by atoms with Crippen molar-refractivity contribution in [2.45, 2.75) is 59.3 Å². The second-order valence-corrected chi connectivity index (χ2v) is 6.25. The maximum atomic E-state index is 11.2. The van der Waals surface area contributed by atoms with Gasteiger partial charge in [0.1, 0.15) is 0 Å². The largest absolute Gasteiger partial charge is 0.481 e. The van der Waals surface area contributed by atoms with Crippen molar-refractivity contribution in [2.75, 3.05) is 0 Å². The Labute approximate surface area is 173 Å². The third-order valence-corrected chi connectivity index (χ3v) is 3.65. The zero-order valence-corrected chi connectivity index (χ0v) is 17.1. The van der Waals surface area contributed by atoms with E-state index in [-0.39, 0.29) is 19.3 Å². The third kappa shape index (κ3) is 21.1. The highest BCUT2D eigenvalue weighted by Crippen LogP contribution is 2.24. The molecule has 0 aliphatic heterocycles. The molecule has 12 nitrogen and oxygen atoms in total. The molecule has 6 N–H and O–H groups in total. The van der Waals surface area contributed by atoms with E-state index < -0.39 is 60.0 Å². The SMILES string of the molecule is CC(=O)O.CC(=O)O.CCC(C(=O)O)C(CCCCC(CC(=O)O)C(=O)O)C(=O)O. The molecule has 0 aromatic rings. The fourth-order valence-corrected chi connectivity index (χ4v) is 2.41. The normalized spacial score (nSPS) is 12.5. The zero-order valence-electron chi connectivity index (χ0n) is 17.1. The van der Waals surface area contributed by atoms with Crippen molar-refractivity contribution < 1.29 is 59.4 Å². The van der Waals surface area contributed by atoms with Gasteiger partial charge >= 0.3 is 23.9 Å². The number of rotatable bonds is 12. The Morgan fingerprint density at radius 2 is 1.00 bits per heavy atom. The van der Waals surface area contributed by atoms with Gasteiger partial charge in [0.25, 0.3) is 11.9 Å². The van der Waals surface area contributed by atoms with Crippen LogP contribution in [-0.2, 0) is 28.8 Å². The van der Waals surface area contributed by atoms with Gasteiger partial charge in [0.2, 0.25) is 0 Å². The first-order valence-electron chi connectivity index (χ1n) is 8.96. The fraction of sp³-hybridized carbons (Fsp3) is 0.667. The summed E-state index contributed by atoms with van der Waals surface area (Å²) in [6.07, 6.45) is 0.638. The summed E-state index contributed by atoms with van der Waals surface area (Å²) in [5.41, 5.74) is 0. The van der Waals surface area contributed by atoms with Gasteiger partial charge in [0.05, 0.1) is 24.2 Å². The van der Waals surface area contributed by atoms with Crippen molar-refractivity contribution in [3.63, 3.8) is 0 Å². The number of hydrogen-bond donors (Lipinski definition) is 6. The van der Waals surface area contributed by atoms with E-state index in [2.05, 4.69) is 0 Å². The Kier molecular flexibility index (Phi) is 18.8. The number of aliphatic carboxylic acids is 6. The highest BCUT2D eigenvalue weighted by atomic mass is 16.4. The van der Waals surface area contributed by atoms with Gasteiger partial charge in [-0.05, 0) is 19.3 Å². The first kappa shape index (κ1) is 31.5. The lowest BCUT2D eigenvalue weighted by atomic mass is 9.85. The summed E-state index contributed by atoms with van der Waals surface area (Å²) in [6, 6.07) is 0. The molecular formula is C18H30O12. The van der Waals surface area contributed by atoms with Crippen LogP contribution in [0.5, 0.6) is 0 Å². The molecule has 0 aromatic carbocycles. The average Bonchev–Trinajstić information content (AvgIpc) is 2.54. The Bertz CT molecular complexity index is 564. The summed E-state index contributed by atoms with van der Waals surface area (Å²) in [6.45, 7) is 3.77. The van der Waals surface area contributed by atoms with E-state index in [0.717, 1.165) is 13.8 Å². The van der Waals surface area contributed by atoms with Crippen molar-refractivity contribution >= 4 is 35.8 Å². The van der Waals surface area contributed by atoms with Gasteiger partial charge < -0.3 is 30.6 Å². The van der Waals surface area contributed by atoms with Crippen LogP contribution in [0.15, 0.2) is 0 Å². The minimum atomic E-state index is -1.20. The molecule has 12 heteroatoms. The Morgan fingerprint density at radius 1 is 0.633 bits per heavy atom. The van der Waals surface area contributed by atoms with Gasteiger partial charge in [-0.1, -0.05) is 19.8 Å². The van der Waals surface area contributed by atoms with Crippen LogP contribution in [0.25, 0.3) is 0 Å². The first-order chi connectivity index (χ1) is 13.7. The van der Waals surface area contributed by atoms with Crippen molar-refractivity contribution in [2.24, 2.45) is 17.8 Å². The van der Waals surface area contributed by atoms with Crippen LogP contribution in [0.2, 0.25) is 0 Å². The summed E-state index contributed by atoms with van der Waals surface area (Å²) in [7, 11) is 0. The minimum Gasteiger partial charge on any atom is -0.481 e. The predicted molar refractivity (Wildman–Crippen MR) is 101 cm³/mol. The Hall–Kier alpha value is -3.18. The van der Waals surface area contributed by atoms with E-state index in [1.54, 1.807) is 6.92 Å². The first-order valence-corrected chi connectivity index (χ1v) is 8.96. The monoisotopic (exact) mass is 438 g/mol. The van der Waals surface area contributed by atoms with Crippen molar-refractivity contribution in [3.05, 3.63) is 0 Å². The lowest BCUT2D eigenvalue weighted by Gasteiger charge is -2.19. The van der Waals surface area contributed by atoms with Crippen LogP contribution >= 0.6 is 0 Å². The molecule has 0 fully saturated rings. The van der Waals surface area contributed by atoms with Crippen LogP contribution in [-0.4, -0.2) is 66.5 Å². The molecule has 3 unspecified atom stereocenters. The highest BCUT2D eigenvalue weighted by Gasteiger charge is 2.32. The molecule has 0 bridgehead atoms. The molecule has 0 saturated carbocycles. The quantitative estimate of drug-likeness (QED) is 0.239. The van der Waals surface area contributed by atoms with Gasteiger partial charge in [-0.15, -0.1) is 0 Å². The Morgan fingerprint density at radius 3 is 1.27 bits per heavy atom. The minimum absolute atomic E-state index is 0.123. The number of carboxylic acid groups (broad SMARTS) is 6. The molecule has 0 rings (SSSR count). The summed E-state index contributed by atoms with van der Waals surface area (Å²) in [5, 5.41) is 50.4. The van der Waals surface area contributed by atoms with E-state index in [1.165, 1.54) is 0 Å². The van der Waals surface area contributed by atoms with Gasteiger partial charge in [-0.2, -0.15) is 0 Å². The second kappa shape index (κ2) is 17.9. The smallest absolute Gasteiger partial charge is 0.307 e. The average molecular weight is 438 g/mol. The molecule has 0 heterocycles. The molecule has 3 atom stereocenters. The van der Waals surface area contributed by atoms with Crippen molar-refractivity contribution in [1.82, 2.24) is 0 Å². The van der Waals surface area contributed by atoms with Gasteiger partial charge in [0, 0.05) is 13.8 Å². The maximum Gasteiger partial charge on any atom is 0.307 e. The van der Waals surface area contributed by atoms with E-state index in [9.17, 15) is 19.2 Å². The number of carboxylic acids is 6. The third-order valence-electron chi connectivity index (χ3n) is 3.65. The molecule has 0 radical (unpaired) electrons. The van der Waals surface area contributed by atoms with Crippen LogP contribution in [0.4, 0.5) is 0 Å². The van der Waals surface area contributed by atoms with Gasteiger partial charge in [-0.25, -0.2) is 0 Å².